The van der Waals surface area contributed by atoms with Gasteiger partial charge in [0.15, 0.2) is 0 Å². The summed E-state index contributed by atoms with van der Waals surface area (Å²) >= 11 is 0. The molecular formula is C19H28N2O2Si. The van der Waals surface area contributed by atoms with Crippen molar-refractivity contribution in [2.24, 2.45) is 0 Å². The molecular weight excluding hydrogens is 316 g/mol. The van der Waals surface area contributed by atoms with E-state index in [2.05, 4.69) is 43.0 Å². The second-order valence-electron chi connectivity index (χ2n) is 8.46. The maximum absolute atomic E-state index is 12.4. The first-order chi connectivity index (χ1) is 10.9. The maximum Gasteiger partial charge on any atom is 0.410 e. The average Bonchev–Trinajstić information content (AvgIpc) is 2.84. The van der Waals surface area contributed by atoms with Gasteiger partial charge < -0.3 is 4.74 Å². The standard InChI is InChI=1S/C19H28N2O2Si/c1-13-14(2)20-17(9-10-24(6,7)8)16-12-21(11-15(13)16)18(22)23-19(3,4)5/h11-12H2,1-8H3. The predicted octanol–water partition coefficient (Wildman–Crippen LogP) is 4.18. The fraction of sp³-hybridized carbons (Fsp3) is 0.579. The Kier molecular flexibility index (Phi) is 4.83. The quantitative estimate of drug-likeness (QED) is 0.524. The van der Waals surface area contributed by atoms with Crippen molar-refractivity contribution >= 4 is 14.2 Å². The predicted molar refractivity (Wildman–Crippen MR) is 99.4 cm³/mol. The van der Waals surface area contributed by atoms with Crippen LogP contribution in [0.3, 0.4) is 0 Å². The van der Waals surface area contributed by atoms with Gasteiger partial charge in [0.1, 0.15) is 19.4 Å². The molecule has 0 radical (unpaired) electrons. The smallest absolute Gasteiger partial charge is 0.410 e. The summed E-state index contributed by atoms with van der Waals surface area (Å²) in [6.45, 7) is 17.5. The Morgan fingerprint density at radius 1 is 1.17 bits per heavy atom. The van der Waals surface area contributed by atoms with E-state index < -0.39 is 13.7 Å². The maximum atomic E-state index is 12.4. The summed E-state index contributed by atoms with van der Waals surface area (Å²) in [6, 6.07) is 0. The highest BCUT2D eigenvalue weighted by atomic mass is 28.3. The zero-order valence-electron chi connectivity index (χ0n) is 16.1. The molecule has 0 saturated heterocycles. The summed E-state index contributed by atoms with van der Waals surface area (Å²) in [4.78, 5) is 18.8. The zero-order valence-corrected chi connectivity index (χ0v) is 17.1. The number of rotatable bonds is 0. The molecule has 130 valence electrons. The topological polar surface area (TPSA) is 42.4 Å². The van der Waals surface area contributed by atoms with Crippen molar-refractivity contribution in [1.82, 2.24) is 9.88 Å². The van der Waals surface area contributed by atoms with Gasteiger partial charge in [0.25, 0.3) is 0 Å². The molecule has 0 N–H and O–H groups in total. The molecule has 0 bridgehead atoms. The first-order valence-electron chi connectivity index (χ1n) is 8.37. The number of amides is 1. The fourth-order valence-corrected chi connectivity index (χ4v) is 3.03. The van der Waals surface area contributed by atoms with Crippen LogP contribution >= 0.6 is 0 Å². The van der Waals surface area contributed by atoms with Crippen molar-refractivity contribution < 1.29 is 9.53 Å². The summed E-state index contributed by atoms with van der Waals surface area (Å²) in [7, 11) is -1.48. The molecule has 5 heteroatoms. The number of hydrogen-bond donors (Lipinski definition) is 0. The summed E-state index contributed by atoms with van der Waals surface area (Å²) in [5.41, 5.74) is 8.11. The van der Waals surface area contributed by atoms with Crippen molar-refractivity contribution in [3.05, 3.63) is 28.1 Å². The largest absolute Gasteiger partial charge is 0.444 e. The average molecular weight is 345 g/mol. The van der Waals surface area contributed by atoms with Gasteiger partial charge in [-0.25, -0.2) is 9.78 Å². The number of ether oxygens (including phenoxy) is 1. The van der Waals surface area contributed by atoms with Crippen LogP contribution in [0.1, 0.15) is 48.8 Å². The number of pyridine rings is 1. The van der Waals surface area contributed by atoms with Gasteiger partial charge in [-0.15, -0.1) is 5.54 Å². The minimum atomic E-state index is -1.48. The van der Waals surface area contributed by atoms with E-state index in [1.165, 1.54) is 5.56 Å². The van der Waals surface area contributed by atoms with Crippen LogP contribution in [0.2, 0.25) is 19.6 Å². The number of fused-ring (bicyclic) bond motifs is 1. The van der Waals surface area contributed by atoms with Crippen LogP contribution in [0, 0.1) is 25.3 Å². The molecule has 2 heterocycles. The van der Waals surface area contributed by atoms with Crippen LogP contribution in [-0.4, -0.2) is 29.7 Å². The third-order valence-corrected chi connectivity index (χ3v) is 4.71. The van der Waals surface area contributed by atoms with Gasteiger partial charge in [-0.3, -0.25) is 4.90 Å². The van der Waals surface area contributed by atoms with E-state index in [9.17, 15) is 4.79 Å². The Bertz CT molecular complexity index is 731. The lowest BCUT2D eigenvalue weighted by Crippen LogP contribution is -2.33. The van der Waals surface area contributed by atoms with Gasteiger partial charge in [-0.1, -0.05) is 25.6 Å². The van der Waals surface area contributed by atoms with Crippen LogP contribution in [0.25, 0.3) is 0 Å². The van der Waals surface area contributed by atoms with Gasteiger partial charge in [0.05, 0.1) is 13.1 Å². The number of hydrogen-bond acceptors (Lipinski definition) is 3. The number of nitrogens with zero attached hydrogens (tertiary/aromatic N) is 2. The van der Waals surface area contributed by atoms with E-state index in [-0.39, 0.29) is 6.09 Å². The zero-order chi connectivity index (χ0) is 18.3. The molecule has 1 aliphatic heterocycles. The Morgan fingerprint density at radius 2 is 1.75 bits per heavy atom. The molecule has 0 aromatic carbocycles. The third-order valence-electron chi connectivity index (χ3n) is 3.83. The van der Waals surface area contributed by atoms with E-state index in [0.717, 1.165) is 22.5 Å². The molecule has 0 aliphatic carbocycles. The second-order valence-corrected chi connectivity index (χ2v) is 13.2. The van der Waals surface area contributed by atoms with E-state index in [4.69, 9.17) is 4.74 Å². The second kappa shape index (κ2) is 6.25. The Morgan fingerprint density at radius 3 is 2.29 bits per heavy atom. The van der Waals surface area contributed by atoms with Crippen molar-refractivity contribution in [3.63, 3.8) is 0 Å². The third kappa shape index (κ3) is 4.39. The summed E-state index contributed by atoms with van der Waals surface area (Å²) in [6.07, 6.45) is -0.278. The van der Waals surface area contributed by atoms with Crippen LogP contribution in [0.5, 0.6) is 0 Å². The van der Waals surface area contributed by atoms with Crippen LogP contribution in [0.15, 0.2) is 0 Å². The van der Waals surface area contributed by atoms with E-state index in [1.807, 2.05) is 27.7 Å². The Hall–Kier alpha value is -1.80. The molecule has 1 aromatic heterocycles. The molecule has 24 heavy (non-hydrogen) atoms. The first-order valence-corrected chi connectivity index (χ1v) is 11.9. The summed E-state index contributed by atoms with van der Waals surface area (Å²) in [5, 5.41) is 0. The molecule has 1 aliphatic rings. The lowest BCUT2D eigenvalue weighted by Gasteiger charge is -2.24. The number of aromatic nitrogens is 1. The lowest BCUT2D eigenvalue weighted by atomic mass is 10.0. The van der Waals surface area contributed by atoms with E-state index in [0.29, 0.717) is 13.1 Å². The molecule has 0 atom stereocenters. The highest BCUT2D eigenvalue weighted by Crippen LogP contribution is 2.30. The van der Waals surface area contributed by atoms with Crippen LogP contribution < -0.4 is 0 Å². The van der Waals surface area contributed by atoms with E-state index >= 15 is 0 Å². The van der Waals surface area contributed by atoms with Crippen LogP contribution in [-0.2, 0) is 17.8 Å². The minimum absolute atomic E-state index is 0.278. The molecule has 0 fully saturated rings. The van der Waals surface area contributed by atoms with Crippen molar-refractivity contribution in [2.75, 3.05) is 0 Å². The van der Waals surface area contributed by atoms with Gasteiger partial charge in [-0.05, 0) is 45.7 Å². The highest BCUT2D eigenvalue weighted by molar-refractivity contribution is 6.83. The molecule has 2 rings (SSSR count). The summed E-state index contributed by atoms with van der Waals surface area (Å²) < 4.78 is 5.51. The molecule has 1 amide bonds. The molecule has 1 aromatic rings. The first kappa shape index (κ1) is 18.5. The molecule has 0 saturated carbocycles. The minimum Gasteiger partial charge on any atom is -0.444 e. The van der Waals surface area contributed by atoms with E-state index in [1.54, 1.807) is 4.90 Å². The fourth-order valence-electron chi connectivity index (χ4n) is 2.53. The lowest BCUT2D eigenvalue weighted by molar-refractivity contribution is 0.0241. The normalized spacial score (nSPS) is 14.1. The highest BCUT2D eigenvalue weighted by Gasteiger charge is 2.31. The monoisotopic (exact) mass is 344 g/mol. The SMILES string of the molecule is Cc1nc(C#C[Si](C)(C)C)c2c(c1C)CN(C(=O)OC(C)(C)C)C2. The van der Waals surface area contributed by atoms with Crippen molar-refractivity contribution in [2.45, 2.75) is 73.0 Å². The Balaban J connectivity index is 2.37. The molecule has 0 spiro atoms. The van der Waals surface area contributed by atoms with Gasteiger partial charge in [0, 0.05) is 11.3 Å². The van der Waals surface area contributed by atoms with Crippen LogP contribution in [0.4, 0.5) is 4.79 Å². The summed E-state index contributed by atoms with van der Waals surface area (Å²) in [5.74, 6) is 3.28. The number of aryl methyl sites for hydroxylation is 1. The van der Waals surface area contributed by atoms with Crippen molar-refractivity contribution in [1.29, 1.82) is 0 Å². The van der Waals surface area contributed by atoms with Gasteiger partial charge in [-0.2, -0.15) is 0 Å². The number of carbonyl (C=O) groups is 1. The number of carbonyl (C=O) groups excluding carboxylic acids is 1. The molecule has 0 unspecified atom stereocenters. The van der Waals surface area contributed by atoms with Gasteiger partial charge >= 0.3 is 6.09 Å². The van der Waals surface area contributed by atoms with Crippen molar-refractivity contribution in [3.8, 4) is 11.5 Å². The Labute approximate surface area is 146 Å². The molecule has 4 nitrogen and oxygen atoms in total. The van der Waals surface area contributed by atoms with Gasteiger partial charge in [0.2, 0.25) is 0 Å².